The van der Waals surface area contributed by atoms with Crippen molar-refractivity contribution < 1.29 is 4.74 Å². The topological polar surface area (TPSA) is 50.3 Å². The van der Waals surface area contributed by atoms with Gasteiger partial charge in [0.25, 0.3) is 0 Å². The van der Waals surface area contributed by atoms with E-state index in [4.69, 9.17) is 4.74 Å². The largest absolute Gasteiger partial charge is 0.478 e. The fraction of sp³-hybridized carbons (Fsp3) is 0.714. The lowest BCUT2D eigenvalue weighted by atomic mass is 10.0. The van der Waals surface area contributed by atoms with Gasteiger partial charge in [0.15, 0.2) is 0 Å². The van der Waals surface area contributed by atoms with Gasteiger partial charge < -0.3 is 10.1 Å². The zero-order valence-corrected chi connectivity index (χ0v) is 11.9. The fourth-order valence-corrected chi connectivity index (χ4v) is 2.59. The number of likely N-dealkylation sites (N-methyl/N-ethyl adjacent to an activating group) is 1. The lowest BCUT2D eigenvalue weighted by Crippen LogP contribution is -2.43. The molecule has 1 aliphatic rings. The number of nitrogens with one attached hydrogen (secondary N) is 1. The number of ether oxygens (including phenoxy) is 1. The van der Waals surface area contributed by atoms with E-state index in [1.54, 1.807) is 6.33 Å². The number of piperidine rings is 1. The average molecular weight is 264 g/mol. The van der Waals surface area contributed by atoms with E-state index in [1.165, 1.54) is 25.8 Å². The number of likely N-dealkylation sites (tertiary alicyclic amines) is 1. The van der Waals surface area contributed by atoms with Crippen LogP contribution in [0.2, 0.25) is 0 Å². The highest BCUT2D eigenvalue weighted by molar-refractivity contribution is 5.37. The summed E-state index contributed by atoms with van der Waals surface area (Å²) in [6.45, 7) is 8.10. The standard InChI is InChI=1S/C14H24N4O/c1-3-18-8-6-5-7-12(18)10-15-13-9-14(19-4-2)17-11-16-13/h9,11-12H,3-8,10H2,1-2H3,(H,15,16,17). The maximum absolute atomic E-state index is 5.38. The smallest absolute Gasteiger partial charge is 0.218 e. The van der Waals surface area contributed by atoms with Crippen LogP contribution >= 0.6 is 0 Å². The van der Waals surface area contributed by atoms with E-state index in [9.17, 15) is 0 Å². The Balaban J connectivity index is 1.88. The molecule has 0 aromatic carbocycles. The first-order valence-electron chi connectivity index (χ1n) is 7.26. The number of hydrogen-bond acceptors (Lipinski definition) is 5. The molecule has 5 heteroatoms. The summed E-state index contributed by atoms with van der Waals surface area (Å²) in [6, 6.07) is 2.48. The Hall–Kier alpha value is -1.36. The molecule has 1 aromatic rings. The summed E-state index contributed by atoms with van der Waals surface area (Å²) in [5.74, 6) is 1.48. The molecule has 1 atom stereocenters. The highest BCUT2D eigenvalue weighted by atomic mass is 16.5. The lowest BCUT2D eigenvalue weighted by molar-refractivity contribution is 0.164. The zero-order valence-electron chi connectivity index (χ0n) is 11.9. The normalized spacial score (nSPS) is 20.2. The summed E-state index contributed by atoms with van der Waals surface area (Å²) in [7, 11) is 0. The van der Waals surface area contributed by atoms with Crippen molar-refractivity contribution in [1.82, 2.24) is 14.9 Å². The Bertz CT molecular complexity index is 385. The van der Waals surface area contributed by atoms with Crippen molar-refractivity contribution in [2.45, 2.75) is 39.2 Å². The Kier molecular flexibility index (Phi) is 5.39. The molecule has 1 fully saturated rings. The molecule has 0 amide bonds. The minimum atomic E-state index is 0.615. The van der Waals surface area contributed by atoms with Crippen LogP contribution in [0, 0.1) is 0 Å². The highest BCUT2D eigenvalue weighted by Crippen LogP contribution is 2.17. The summed E-state index contributed by atoms with van der Waals surface area (Å²) in [5, 5.41) is 3.40. The molecule has 0 spiro atoms. The minimum absolute atomic E-state index is 0.615. The molecule has 1 aliphatic heterocycles. The van der Waals surface area contributed by atoms with Crippen LogP contribution in [0.1, 0.15) is 33.1 Å². The minimum Gasteiger partial charge on any atom is -0.478 e. The first kappa shape index (κ1) is 14.1. The van der Waals surface area contributed by atoms with Crippen molar-refractivity contribution in [3.8, 4) is 5.88 Å². The number of hydrogen-bond donors (Lipinski definition) is 1. The monoisotopic (exact) mass is 264 g/mol. The number of anilines is 1. The van der Waals surface area contributed by atoms with Crippen molar-refractivity contribution in [3.63, 3.8) is 0 Å². The second-order valence-corrected chi connectivity index (χ2v) is 4.83. The summed E-state index contributed by atoms with van der Waals surface area (Å²) in [5.41, 5.74) is 0. The third-order valence-corrected chi connectivity index (χ3v) is 3.61. The SMILES string of the molecule is CCOc1cc(NCC2CCCCN2CC)ncn1. The fourth-order valence-electron chi connectivity index (χ4n) is 2.59. The van der Waals surface area contributed by atoms with Crippen molar-refractivity contribution >= 4 is 5.82 Å². The van der Waals surface area contributed by atoms with Gasteiger partial charge in [0.05, 0.1) is 6.61 Å². The van der Waals surface area contributed by atoms with Crippen LogP contribution in [0.15, 0.2) is 12.4 Å². The van der Waals surface area contributed by atoms with Crippen LogP contribution < -0.4 is 10.1 Å². The van der Waals surface area contributed by atoms with E-state index in [1.807, 2.05) is 13.0 Å². The molecule has 0 radical (unpaired) electrons. The van der Waals surface area contributed by atoms with Crippen LogP contribution in [0.5, 0.6) is 5.88 Å². The Morgan fingerprint density at radius 3 is 3.05 bits per heavy atom. The molecule has 1 aromatic heterocycles. The molecular weight excluding hydrogens is 240 g/mol. The molecule has 2 rings (SSSR count). The van der Waals surface area contributed by atoms with Crippen LogP contribution in [0.4, 0.5) is 5.82 Å². The van der Waals surface area contributed by atoms with E-state index in [-0.39, 0.29) is 0 Å². The van der Waals surface area contributed by atoms with E-state index in [2.05, 4.69) is 27.1 Å². The predicted molar refractivity (Wildman–Crippen MR) is 76.6 cm³/mol. The number of aromatic nitrogens is 2. The zero-order chi connectivity index (χ0) is 13.5. The molecule has 106 valence electrons. The average Bonchev–Trinajstić information content (AvgIpc) is 2.46. The maximum atomic E-state index is 5.38. The second-order valence-electron chi connectivity index (χ2n) is 4.83. The third kappa shape index (κ3) is 4.06. The Morgan fingerprint density at radius 2 is 2.26 bits per heavy atom. The maximum Gasteiger partial charge on any atom is 0.218 e. The lowest BCUT2D eigenvalue weighted by Gasteiger charge is -2.35. The Morgan fingerprint density at radius 1 is 1.37 bits per heavy atom. The van der Waals surface area contributed by atoms with Crippen molar-refractivity contribution in [3.05, 3.63) is 12.4 Å². The van der Waals surface area contributed by atoms with Gasteiger partial charge in [-0.15, -0.1) is 0 Å². The molecular formula is C14H24N4O. The van der Waals surface area contributed by atoms with Gasteiger partial charge in [-0.1, -0.05) is 13.3 Å². The van der Waals surface area contributed by atoms with Gasteiger partial charge in [0.2, 0.25) is 5.88 Å². The van der Waals surface area contributed by atoms with Crippen molar-refractivity contribution in [2.24, 2.45) is 0 Å². The molecule has 1 unspecified atom stereocenters. The first-order valence-corrected chi connectivity index (χ1v) is 7.26. The summed E-state index contributed by atoms with van der Waals surface area (Å²) < 4.78 is 5.38. The van der Waals surface area contributed by atoms with Crippen LogP contribution in [-0.2, 0) is 0 Å². The van der Waals surface area contributed by atoms with E-state index < -0.39 is 0 Å². The molecule has 1 N–H and O–H groups in total. The van der Waals surface area contributed by atoms with E-state index in [0.29, 0.717) is 18.5 Å². The molecule has 5 nitrogen and oxygen atoms in total. The first-order chi connectivity index (χ1) is 9.33. The molecule has 0 saturated carbocycles. The number of nitrogens with zero attached hydrogens (tertiary/aromatic N) is 3. The van der Waals surface area contributed by atoms with Crippen LogP contribution in [0.25, 0.3) is 0 Å². The highest BCUT2D eigenvalue weighted by Gasteiger charge is 2.20. The van der Waals surface area contributed by atoms with Gasteiger partial charge in [-0.3, -0.25) is 4.90 Å². The van der Waals surface area contributed by atoms with Crippen molar-refractivity contribution in [1.29, 1.82) is 0 Å². The van der Waals surface area contributed by atoms with Gasteiger partial charge >= 0.3 is 0 Å². The van der Waals surface area contributed by atoms with E-state index in [0.717, 1.165) is 18.9 Å². The quantitative estimate of drug-likeness (QED) is 0.853. The van der Waals surface area contributed by atoms with E-state index >= 15 is 0 Å². The van der Waals surface area contributed by atoms with Crippen LogP contribution in [0.3, 0.4) is 0 Å². The van der Waals surface area contributed by atoms with Gasteiger partial charge in [-0.05, 0) is 32.9 Å². The van der Waals surface area contributed by atoms with Crippen LogP contribution in [-0.4, -0.2) is 47.2 Å². The molecule has 19 heavy (non-hydrogen) atoms. The molecule has 2 heterocycles. The van der Waals surface area contributed by atoms with Gasteiger partial charge in [-0.2, -0.15) is 0 Å². The molecule has 0 bridgehead atoms. The molecule has 1 saturated heterocycles. The number of rotatable bonds is 6. The summed E-state index contributed by atoms with van der Waals surface area (Å²) in [6.07, 6.45) is 5.47. The van der Waals surface area contributed by atoms with Gasteiger partial charge in [0, 0.05) is 18.7 Å². The van der Waals surface area contributed by atoms with Gasteiger partial charge in [-0.25, -0.2) is 9.97 Å². The van der Waals surface area contributed by atoms with Crippen molar-refractivity contribution in [2.75, 3.05) is 31.6 Å². The molecule has 0 aliphatic carbocycles. The summed E-state index contributed by atoms with van der Waals surface area (Å²) in [4.78, 5) is 10.9. The predicted octanol–water partition coefficient (Wildman–Crippen LogP) is 2.16. The second kappa shape index (κ2) is 7.28. The summed E-state index contributed by atoms with van der Waals surface area (Å²) >= 11 is 0. The third-order valence-electron chi connectivity index (χ3n) is 3.61. The van der Waals surface area contributed by atoms with Gasteiger partial charge in [0.1, 0.15) is 12.1 Å². The Labute approximate surface area is 115 Å².